The number of fused-ring (bicyclic) bond motifs is 1. The molecule has 0 aliphatic heterocycles. The van der Waals surface area contributed by atoms with Gasteiger partial charge in [-0.05, 0) is 51.2 Å². The highest BCUT2D eigenvalue weighted by atomic mass is 16.5. The summed E-state index contributed by atoms with van der Waals surface area (Å²) in [7, 11) is 0. The maximum atomic E-state index is 13.2. The summed E-state index contributed by atoms with van der Waals surface area (Å²) in [6.45, 7) is 12.9. The molecule has 2 aromatic rings. The van der Waals surface area contributed by atoms with Crippen molar-refractivity contribution in [2.24, 2.45) is 5.92 Å². The molecule has 0 aliphatic carbocycles. The van der Waals surface area contributed by atoms with Crippen LogP contribution in [0, 0.1) is 5.92 Å². The zero-order valence-electron chi connectivity index (χ0n) is 18.2. The zero-order chi connectivity index (χ0) is 20.7. The van der Waals surface area contributed by atoms with Crippen LogP contribution in [0.4, 0.5) is 5.69 Å². The minimum absolute atomic E-state index is 0.101. The maximum Gasteiger partial charge on any atom is 0.256 e. The third kappa shape index (κ3) is 5.48. The fourth-order valence-corrected chi connectivity index (χ4v) is 3.36. The quantitative estimate of drug-likeness (QED) is 0.531. The molecule has 0 spiro atoms. The van der Waals surface area contributed by atoms with Crippen LogP contribution in [0.25, 0.3) is 10.8 Å². The van der Waals surface area contributed by atoms with Gasteiger partial charge in [0.15, 0.2) is 0 Å². The van der Waals surface area contributed by atoms with Crippen molar-refractivity contribution in [2.45, 2.75) is 72.5 Å². The lowest BCUT2D eigenvalue weighted by atomic mass is 9.92. The Balaban J connectivity index is 2.34. The fraction of sp³-hybridized carbons (Fsp3) is 0.542. The molecule has 0 saturated carbocycles. The minimum Gasteiger partial charge on any atom is -0.490 e. The molecule has 0 aromatic heterocycles. The van der Waals surface area contributed by atoms with Crippen molar-refractivity contribution in [3.05, 3.63) is 36.4 Å². The molecule has 4 nitrogen and oxygen atoms in total. The van der Waals surface area contributed by atoms with E-state index >= 15 is 0 Å². The second-order valence-electron chi connectivity index (χ2n) is 8.12. The lowest BCUT2D eigenvalue weighted by Gasteiger charge is -2.30. The van der Waals surface area contributed by atoms with E-state index in [-0.39, 0.29) is 12.0 Å². The van der Waals surface area contributed by atoms with Gasteiger partial charge in [-0.15, -0.1) is 0 Å². The van der Waals surface area contributed by atoms with Gasteiger partial charge in [-0.1, -0.05) is 52.0 Å². The number of ether oxygens (including phenoxy) is 2. The number of hydrogen-bond acceptors (Lipinski definition) is 3. The number of benzene rings is 2. The normalized spacial score (nSPS) is 14.7. The van der Waals surface area contributed by atoms with Gasteiger partial charge in [-0.2, -0.15) is 0 Å². The van der Waals surface area contributed by atoms with Gasteiger partial charge in [0.05, 0.1) is 6.10 Å². The first kappa shape index (κ1) is 22.2. The number of anilines is 1. The van der Waals surface area contributed by atoms with Crippen LogP contribution in [-0.4, -0.2) is 24.2 Å². The van der Waals surface area contributed by atoms with Crippen LogP contribution in [0.15, 0.2) is 36.4 Å². The smallest absolute Gasteiger partial charge is 0.256 e. The monoisotopic (exact) mass is 385 g/mol. The summed E-state index contributed by atoms with van der Waals surface area (Å²) >= 11 is 0. The van der Waals surface area contributed by atoms with Crippen LogP contribution in [0.5, 0.6) is 5.75 Å². The van der Waals surface area contributed by atoms with E-state index in [0.29, 0.717) is 18.9 Å². The molecule has 1 N–H and O–H groups in total. The lowest BCUT2D eigenvalue weighted by Crippen LogP contribution is -2.44. The molecule has 1 amide bonds. The fourth-order valence-electron chi connectivity index (χ4n) is 3.36. The van der Waals surface area contributed by atoms with Crippen LogP contribution in [0.1, 0.15) is 60.8 Å². The van der Waals surface area contributed by atoms with Gasteiger partial charge in [0.1, 0.15) is 11.4 Å². The molecular formula is C24H35NO3. The lowest BCUT2D eigenvalue weighted by molar-refractivity contribution is -0.141. The highest BCUT2D eigenvalue weighted by Gasteiger charge is 2.35. The SMILES string of the molecule is CCCOC(C)(CC(C)C)C(=O)Nc1ccc(OC(C)CC)c2ccccc12. The number of carbonyl (C=O) groups excluding carboxylic acids is 1. The van der Waals surface area contributed by atoms with Gasteiger partial charge in [-0.25, -0.2) is 0 Å². The third-order valence-corrected chi connectivity index (χ3v) is 4.94. The van der Waals surface area contributed by atoms with Crippen molar-refractivity contribution in [1.29, 1.82) is 0 Å². The van der Waals surface area contributed by atoms with Crippen LogP contribution in [-0.2, 0) is 9.53 Å². The molecule has 0 fully saturated rings. The van der Waals surface area contributed by atoms with E-state index in [9.17, 15) is 4.79 Å². The molecular weight excluding hydrogens is 350 g/mol. The highest BCUT2D eigenvalue weighted by Crippen LogP contribution is 2.33. The van der Waals surface area contributed by atoms with Crippen molar-refractivity contribution >= 4 is 22.4 Å². The summed E-state index contributed by atoms with van der Waals surface area (Å²) in [5, 5.41) is 5.09. The molecule has 154 valence electrons. The van der Waals surface area contributed by atoms with Crippen LogP contribution in [0.2, 0.25) is 0 Å². The standard InChI is InChI=1S/C24H35NO3/c1-7-15-27-24(6,16-17(3)4)23(26)25-21-13-14-22(28-18(5)8-2)20-12-10-9-11-19(20)21/h9-14,17-18H,7-8,15-16H2,1-6H3,(H,25,26). The van der Waals surface area contributed by atoms with Gasteiger partial charge < -0.3 is 14.8 Å². The van der Waals surface area contributed by atoms with E-state index < -0.39 is 5.60 Å². The molecule has 0 heterocycles. The number of amides is 1. The average molecular weight is 386 g/mol. The molecule has 2 unspecified atom stereocenters. The predicted octanol–water partition coefficient (Wildman–Crippen LogP) is 6.19. The van der Waals surface area contributed by atoms with E-state index in [1.165, 1.54) is 0 Å². The van der Waals surface area contributed by atoms with Crippen molar-refractivity contribution in [1.82, 2.24) is 0 Å². The van der Waals surface area contributed by atoms with E-state index in [4.69, 9.17) is 9.47 Å². The van der Waals surface area contributed by atoms with Crippen LogP contribution < -0.4 is 10.1 Å². The Morgan fingerprint density at radius 3 is 2.36 bits per heavy atom. The highest BCUT2D eigenvalue weighted by molar-refractivity contribution is 6.06. The topological polar surface area (TPSA) is 47.6 Å². The van der Waals surface area contributed by atoms with Gasteiger partial charge in [-0.3, -0.25) is 4.79 Å². The summed E-state index contributed by atoms with van der Waals surface area (Å²) in [6, 6.07) is 11.9. The van der Waals surface area contributed by atoms with E-state index in [0.717, 1.165) is 35.1 Å². The van der Waals surface area contributed by atoms with E-state index in [1.54, 1.807) is 0 Å². The Kier molecular flexibility index (Phi) is 7.88. The van der Waals surface area contributed by atoms with Crippen molar-refractivity contribution in [3.8, 4) is 5.75 Å². The second-order valence-corrected chi connectivity index (χ2v) is 8.12. The van der Waals surface area contributed by atoms with Gasteiger partial charge in [0, 0.05) is 23.1 Å². The Morgan fingerprint density at radius 1 is 1.07 bits per heavy atom. The van der Waals surface area contributed by atoms with Crippen molar-refractivity contribution in [2.75, 3.05) is 11.9 Å². The number of carbonyl (C=O) groups is 1. The molecule has 4 heteroatoms. The number of nitrogens with one attached hydrogen (secondary N) is 1. The molecule has 28 heavy (non-hydrogen) atoms. The van der Waals surface area contributed by atoms with Crippen molar-refractivity contribution < 1.29 is 14.3 Å². The molecule has 0 bridgehead atoms. The number of hydrogen-bond donors (Lipinski definition) is 1. The average Bonchev–Trinajstić information content (AvgIpc) is 2.67. The molecule has 0 radical (unpaired) electrons. The molecule has 2 aromatic carbocycles. The van der Waals surface area contributed by atoms with E-state index in [2.05, 4.69) is 39.9 Å². The first-order valence-electron chi connectivity index (χ1n) is 10.4. The van der Waals surface area contributed by atoms with Crippen molar-refractivity contribution in [3.63, 3.8) is 0 Å². The molecule has 2 rings (SSSR count). The second kappa shape index (κ2) is 9.92. The van der Waals surface area contributed by atoms with Gasteiger partial charge in [0.25, 0.3) is 5.91 Å². The first-order valence-corrected chi connectivity index (χ1v) is 10.4. The molecule has 0 aliphatic rings. The summed E-state index contributed by atoms with van der Waals surface area (Å²) in [5.41, 5.74) is -0.0656. The molecule has 2 atom stereocenters. The predicted molar refractivity (Wildman–Crippen MR) is 117 cm³/mol. The molecule has 0 saturated heterocycles. The van der Waals surface area contributed by atoms with Crippen LogP contribution >= 0.6 is 0 Å². The minimum atomic E-state index is -0.850. The number of rotatable bonds is 10. The first-order chi connectivity index (χ1) is 13.3. The summed E-state index contributed by atoms with van der Waals surface area (Å²) < 4.78 is 12.1. The Hall–Kier alpha value is -2.07. The van der Waals surface area contributed by atoms with E-state index in [1.807, 2.05) is 43.3 Å². The van der Waals surface area contributed by atoms with Gasteiger partial charge in [0.2, 0.25) is 0 Å². The summed E-state index contributed by atoms with van der Waals surface area (Å²) in [4.78, 5) is 13.2. The third-order valence-electron chi connectivity index (χ3n) is 4.94. The maximum absolute atomic E-state index is 13.2. The zero-order valence-corrected chi connectivity index (χ0v) is 18.2. The summed E-state index contributed by atoms with van der Waals surface area (Å²) in [5.74, 6) is 1.10. The van der Waals surface area contributed by atoms with Gasteiger partial charge >= 0.3 is 0 Å². The largest absolute Gasteiger partial charge is 0.490 e. The Morgan fingerprint density at radius 2 is 1.75 bits per heavy atom. The van der Waals surface area contributed by atoms with Crippen LogP contribution in [0.3, 0.4) is 0 Å². The Bertz CT molecular complexity index is 787. The Labute approximate surface area is 169 Å². The summed E-state index contributed by atoms with van der Waals surface area (Å²) in [6.07, 6.45) is 2.63.